The average molecular weight is 340 g/mol. The smallest absolute Gasteiger partial charge is 0.246 e. The first-order valence-electron chi connectivity index (χ1n) is 6.02. The van der Waals surface area contributed by atoms with Crippen LogP contribution in [0.2, 0.25) is 10.0 Å². The molecule has 0 bridgehead atoms. The van der Waals surface area contributed by atoms with Gasteiger partial charge < -0.3 is 10.6 Å². The number of nitrogen functional groups attached to an aromatic ring is 1. The van der Waals surface area contributed by atoms with E-state index in [1.807, 2.05) is 19.0 Å². The number of hydrogen-bond donors (Lipinski definition) is 1. The van der Waals surface area contributed by atoms with Crippen molar-refractivity contribution in [2.75, 3.05) is 40.0 Å². The van der Waals surface area contributed by atoms with Crippen LogP contribution >= 0.6 is 23.2 Å². The molecule has 5 nitrogen and oxygen atoms in total. The van der Waals surface area contributed by atoms with Crippen LogP contribution < -0.4 is 5.73 Å². The van der Waals surface area contributed by atoms with Gasteiger partial charge in [0.25, 0.3) is 0 Å². The normalized spacial score (nSPS) is 12.3. The van der Waals surface area contributed by atoms with Crippen LogP contribution in [-0.2, 0) is 10.0 Å². The lowest BCUT2D eigenvalue weighted by Gasteiger charge is -2.20. The van der Waals surface area contributed by atoms with Crippen molar-refractivity contribution in [2.24, 2.45) is 0 Å². The fourth-order valence-electron chi connectivity index (χ4n) is 1.74. The van der Waals surface area contributed by atoms with Gasteiger partial charge >= 0.3 is 0 Å². The van der Waals surface area contributed by atoms with Gasteiger partial charge in [0.15, 0.2) is 0 Å². The third-order valence-corrected chi connectivity index (χ3v) is 5.39. The van der Waals surface area contributed by atoms with Gasteiger partial charge in [-0.05, 0) is 39.2 Å². The van der Waals surface area contributed by atoms with Gasteiger partial charge in [0.2, 0.25) is 10.0 Å². The molecule has 1 rings (SSSR count). The number of nitrogens with two attached hydrogens (primary N) is 1. The Balaban J connectivity index is 2.99. The lowest BCUT2D eigenvalue weighted by molar-refractivity contribution is 0.370. The highest BCUT2D eigenvalue weighted by Crippen LogP contribution is 2.32. The fraction of sp³-hybridized carbons (Fsp3) is 0.500. The monoisotopic (exact) mass is 339 g/mol. The Morgan fingerprint density at radius 3 is 2.25 bits per heavy atom. The molecule has 0 atom stereocenters. The topological polar surface area (TPSA) is 66.6 Å². The Kier molecular flexibility index (Phi) is 6.09. The summed E-state index contributed by atoms with van der Waals surface area (Å²) >= 11 is 11.8. The molecule has 0 aliphatic rings. The first-order valence-corrected chi connectivity index (χ1v) is 8.21. The van der Waals surface area contributed by atoms with Crippen LogP contribution in [-0.4, -0.2) is 51.9 Å². The standard InChI is InChI=1S/C12H19Cl2N3O2S/c1-16(2)5-4-6-17(3)20(18,19)12-10(14)7-9(13)8-11(12)15/h7-8H,4-6,15H2,1-3H3. The third kappa shape index (κ3) is 4.23. The van der Waals surface area contributed by atoms with Crippen LogP contribution in [0.3, 0.4) is 0 Å². The molecule has 1 aromatic rings. The van der Waals surface area contributed by atoms with Gasteiger partial charge in [-0.15, -0.1) is 0 Å². The van der Waals surface area contributed by atoms with Crippen molar-refractivity contribution in [1.82, 2.24) is 9.21 Å². The van der Waals surface area contributed by atoms with Crippen molar-refractivity contribution in [1.29, 1.82) is 0 Å². The number of hydrogen-bond acceptors (Lipinski definition) is 4. The number of nitrogens with zero attached hydrogens (tertiary/aromatic N) is 2. The van der Waals surface area contributed by atoms with E-state index in [1.165, 1.54) is 23.5 Å². The molecular weight excluding hydrogens is 321 g/mol. The van der Waals surface area contributed by atoms with Crippen molar-refractivity contribution < 1.29 is 8.42 Å². The summed E-state index contributed by atoms with van der Waals surface area (Å²) in [6.45, 7) is 1.18. The molecule has 8 heteroatoms. The number of halogens is 2. The maximum atomic E-state index is 12.5. The third-order valence-electron chi connectivity index (χ3n) is 2.78. The zero-order chi connectivity index (χ0) is 15.5. The second kappa shape index (κ2) is 6.95. The molecule has 0 spiro atoms. The second-order valence-corrected chi connectivity index (χ2v) is 7.61. The summed E-state index contributed by atoms with van der Waals surface area (Å²) in [5, 5.41) is 0.344. The molecule has 20 heavy (non-hydrogen) atoms. The minimum atomic E-state index is -3.72. The number of sulfonamides is 1. The van der Waals surface area contributed by atoms with Crippen molar-refractivity contribution in [3.8, 4) is 0 Å². The fourth-order valence-corrected chi connectivity index (χ4v) is 3.88. The van der Waals surface area contributed by atoms with Gasteiger partial charge in [-0.2, -0.15) is 0 Å². The summed E-state index contributed by atoms with van der Waals surface area (Å²) in [6, 6.07) is 2.76. The molecule has 0 fully saturated rings. The average Bonchev–Trinajstić information content (AvgIpc) is 2.26. The van der Waals surface area contributed by atoms with E-state index in [4.69, 9.17) is 28.9 Å². The minimum Gasteiger partial charge on any atom is -0.398 e. The van der Waals surface area contributed by atoms with Gasteiger partial charge in [-0.1, -0.05) is 23.2 Å². The molecule has 0 aliphatic heterocycles. The molecule has 2 N–H and O–H groups in total. The molecule has 0 radical (unpaired) electrons. The molecule has 0 saturated carbocycles. The Morgan fingerprint density at radius 2 is 1.75 bits per heavy atom. The summed E-state index contributed by atoms with van der Waals surface area (Å²) in [4.78, 5) is 1.90. The van der Waals surface area contributed by atoms with Gasteiger partial charge in [0.1, 0.15) is 4.90 Å². The van der Waals surface area contributed by atoms with E-state index in [0.717, 1.165) is 6.54 Å². The van der Waals surface area contributed by atoms with Crippen molar-refractivity contribution in [2.45, 2.75) is 11.3 Å². The highest BCUT2D eigenvalue weighted by molar-refractivity contribution is 7.89. The maximum Gasteiger partial charge on any atom is 0.246 e. The maximum absolute atomic E-state index is 12.5. The molecule has 114 valence electrons. The Bertz CT molecular complexity index is 553. The van der Waals surface area contributed by atoms with Crippen LogP contribution in [0.4, 0.5) is 5.69 Å². The van der Waals surface area contributed by atoms with Crippen LogP contribution in [0.5, 0.6) is 0 Å². The van der Waals surface area contributed by atoms with Gasteiger partial charge in [0, 0.05) is 18.6 Å². The van der Waals surface area contributed by atoms with E-state index in [-0.39, 0.29) is 15.6 Å². The number of rotatable bonds is 6. The van der Waals surface area contributed by atoms with E-state index in [0.29, 0.717) is 18.0 Å². The molecule has 0 amide bonds. The highest BCUT2D eigenvalue weighted by Gasteiger charge is 2.26. The van der Waals surface area contributed by atoms with Crippen molar-refractivity contribution in [3.63, 3.8) is 0 Å². The molecule has 0 aliphatic carbocycles. The predicted octanol–water partition coefficient (Wildman–Crippen LogP) is 2.15. The summed E-state index contributed by atoms with van der Waals surface area (Å²) in [5.74, 6) is 0. The van der Waals surface area contributed by atoms with Gasteiger partial charge in [-0.25, -0.2) is 12.7 Å². The second-order valence-electron chi connectivity index (χ2n) is 4.79. The first-order chi connectivity index (χ1) is 9.16. The Labute approximate surface area is 130 Å². The Morgan fingerprint density at radius 1 is 1.15 bits per heavy atom. The van der Waals surface area contributed by atoms with E-state index in [2.05, 4.69) is 0 Å². The summed E-state index contributed by atoms with van der Waals surface area (Å²) in [6.07, 6.45) is 0.716. The van der Waals surface area contributed by atoms with Crippen LogP contribution in [0.1, 0.15) is 6.42 Å². The quantitative estimate of drug-likeness (QED) is 0.806. The largest absolute Gasteiger partial charge is 0.398 e. The van der Waals surface area contributed by atoms with Crippen molar-refractivity contribution in [3.05, 3.63) is 22.2 Å². The molecule has 1 aromatic carbocycles. The van der Waals surface area contributed by atoms with Crippen LogP contribution in [0.15, 0.2) is 17.0 Å². The SMILES string of the molecule is CN(C)CCCN(C)S(=O)(=O)c1c(N)cc(Cl)cc1Cl. The highest BCUT2D eigenvalue weighted by atomic mass is 35.5. The Hall–Kier alpha value is -0.530. The molecule has 0 aromatic heterocycles. The van der Waals surface area contributed by atoms with E-state index >= 15 is 0 Å². The lowest BCUT2D eigenvalue weighted by Crippen LogP contribution is -2.30. The van der Waals surface area contributed by atoms with Crippen LogP contribution in [0.25, 0.3) is 0 Å². The zero-order valence-corrected chi connectivity index (χ0v) is 14.1. The summed E-state index contributed by atoms with van der Waals surface area (Å²) < 4.78 is 26.2. The van der Waals surface area contributed by atoms with Crippen molar-refractivity contribution >= 4 is 38.9 Å². The number of anilines is 1. The zero-order valence-electron chi connectivity index (χ0n) is 11.7. The lowest BCUT2D eigenvalue weighted by atomic mass is 10.3. The number of benzene rings is 1. The predicted molar refractivity (Wildman–Crippen MR) is 83.9 cm³/mol. The summed E-state index contributed by atoms with van der Waals surface area (Å²) in [7, 11) is 1.66. The van der Waals surface area contributed by atoms with Crippen LogP contribution in [0, 0.1) is 0 Å². The molecule has 0 saturated heterocycles. The summed E-state index contributed by atoms with van der Waals surface area (Å²) in [5.41, 5.74) is 5.80. The first kappa shape index (κ1) is 17.5. The molecular formula is C12H19Cl2N3O2S. The van der Waals surface area contributed by atoms with E-state index in [1.54, 1.807) is 0 Å². The van der Waals surface area contributed by atoms with E-state index < -0.39 is 10.0 Å². The van der Waals surface area contributed by atoms with E-state index in [9.17, 15) is 8.42 Å². The van der Waals surface area contributed by atoms with Gasteiger partial charge in [-0.3, -0.25) is 0 Å². The molecule has 0 unspecified atom stereocenters. The van der Waals surface area contributed by atoms with Gasteiger partial charge in [0.05, 0.1) is 10.7 Å². The molecule has 0 heterocycles. The minimum absolute atomic E-state index is 0.0365.